The van der Waals surface area contributed by atoms with Gasteiger partial charge in [0, 0.05) is 32.6 Å². The van der Waals surface area contributed by atoms with E-state index in [2.05, 4.69) is 0 Å². The number of urea groups is 1. The SMILES string of the molecule is CN(C)C(=O)N1CC(c2cc(F)ccc2F)=CC1(CCC(=O)OC(C)(C)C)c1ccccc1. The lowest BCUT2D eigenvalue weighted by Gasteiger charge is -2.40. The number of esters is 1. The fourth-order valence-corrected chi connectivity index (χ4v) is 4.11. The summed E-state index contributed by atoms with van der Waals surface area (Å²) in [6.07, 6.45) is 2.05. The Kier molecular flexibility index (Phi) is 6.91. The van der Waals surface area contributed by atoms with Crippen molar-refractivity contribution in [2.45, 2.75) is 44.8 Å². The highest BCUT2D eigenvalue weighted by Gasteiger charge is 2.46. The second-order valence-electron chi connectivity index (χ2n) is 9.43. The van der Waals surface area contributed by atoms with E-state index in [1.807, 2.05) is 30.3 Å². The summed E-state index contributed by atoms with van der Waals surface area (Å²) in [4.78, 5) is 28.9. The van der Waals surface area contributed by atoms with Gasteiger partial charge in [-0.05, 0) is 62.6 Å². The van der Waals surface area contributed by atoms with E-state index in [1.54, 1.807) is 45.8 Å². The molecule has 5 nitrogen and oxygen atoms in total. The largest absolute Gasteiger partial charge is 0.460 e. The molecule has 2 aromatic rings. The number of amides is 2. The minimum absolute atomic E-state index is 0.0405. The summed E-state index contributed by atoms with van der Waals surface area (Å²) in [5.41, 5.74) is -0.321. The second kappa shape index (κ2) is 9.33. The number of carbonyl (C=O) groups excluding carboxylic acids is 2. The number of rotatable bonds is 5. The molecule has 0 spiro atoms. The molecule has 1 unspecified atom stereocenters. The summed E-state index contributed by atoms with van der Waals surface area (Å²) in [6.45, 7) is 5.45. The molecule has 0 bridgehead atoms. The van der Waals surface area contributed by atoms with Gasteiger partial charge in [0.15, 0.2) is 0 Å². The van der Waals surface area contributed by atoms with Gasteiger partial charge in [0.05, 0.1) is 5.54 Å². The van der Waals surface area contributed by atoms with E-state index in [-0.39, 0.29) is 31.0 Å². The van der Waals surface area contributed by atoms with Crippen molar-refractivity contribution in [3.8, 4) is 0 Å². The van der Waals surface area contributed by atoms with Crippen LogP contribution in [0.3, 0.4) is 0 Å². The highest BCUT2D eigenvalue weighted by Crippen LogP contribution is 2.44. The zero-order valence-corrected chi connectivity index (χ0v) is 19.7. The summed E-state index contributed by atoms with van der Waals surface area (Å²) in [6, 6.07) is 12.2. The van der Waals surface area contributed by atoms with Crippen LogP contribution in [0.5, 0.6) is 0 Å². The highest BCUT2D eigenvalue weighted by atomic mass is 19.1. The summed E-state index contributed by atoms with van der Waals surface area (Å²) in [5.74, 6) is -1.53. The molecule has 3 rings (SSSR count). The first kappa shape index (κ1) is 24.4. The topological polar surface area (TPSA) is 49.9 Å². The number of nitrogens with zero attached hydrogens (tertiary/aromatic N) is 2. The lowest BCUT2D eigenvalue weighted by atomic mass is 9.84. The predicted octanol–water partition coefficient (Wildman–Crippen LogP) is 5.36. The van der Waals surface area contributed by atoms with E-state index in [4.69, 9.17) is 4.74 Å². The van der Waals surface area contributed by atoms with Crippen molar-refractivity contribution in [3.63, 3.8) is 0 Å². The van der Waals surface area contributed by atoms with Gasteiger partial charge in [-0.25, -0.2) is 13.6 Å². The van der Waals surface area contributed by atoms with E-state index in [0.29, 0.717) is 5.57 Å². The van der Waals surface area contributed by atoms with Crippen molar-refractivity contribution in [3.05, 3.63) is 77.4 Å². The van der Waals surface area contributed by atoms with Crippen LogP contribution in [0.4, 0.5) is 13.6 Å². The van der Waals surface area contributed by atoms with Crippen LogP contribution in [0.25, 0.3) is 5.57 Å². The maximum atomic E-state index is 14.7. The van der Waals surface area contributed by atoms with Crippen LogP contribution in [0.15, 0.2) is 54.6 Å². The fraction of sp³-hybridized carbons (Fsp3) is 0.385. The monoisotopic (exact) mass is 456 g/mol. The molecule has 1 heterocycles. The summed E-state index contributed by atoms with van der Waals surface area (Å²) >= 11 is 0. The number of hydrogen-bond donors (Lipinski definition) is 0. The lowest BCUT2D eigenvalue weighted by Crippen LogP contribution is -2.49. The zero-order chi connectivity index (χ0) is 24.4. The maximum absolute atomic E-state index is 14.7. The van der Waals surface area contributed by atoms with Crippen LogP contribution in [-0.4, -0.2) is 48.0 Å². The fourth-order valence-electron chi connectivity index (χ4n) is 4.11. The molecular weight excluding hydrogens is 426 g/mol. The number of hydrogen-bond acceptors (Lipinski definition) is 3. The van der Waals surface area contributed by atoms with Crippen molar-refractivity contribution < 1.29 is 23.1 Å². The van der Waals surface area contributed by atoms with E-state index >= 15 is 0 Å². The van der Waals surface area contributed by atoms with E-state index in [1.165, 1.54) is 4.90 Å². The third kappa shape index (κ3) is 5.41. The molecule has 0 N–H and O–H groups in total. The first-order chi connectivity index (χ1) is 15.4. The average molecular weight is 457 g/mol. The molecule has 7 heteroatoms. The average Bonchev–Trinajstić information content (AvgIpc) is 3.13. The van der Waals surface area contributed by atoms with Crippen LogP contribution in [0, 0.1) is 11.6 Å². The number of halogens is 2. The van der Waals surface area contributed by atoms with E-state index in [0.717, 1.165) is 23.8 Å². The van der Waals surface area contributed by atoms with Gasteiger partial charge in [0.2, 0.25) is 0 Å². The van der Waals surface area contributed by atoms with Crippen LogP contribution >= 0.6 is 0 Å². The van der Waals surface area contributed by atoms with Gasteiger partial charge < -0.3 is 14.5 Å². The third-order valence-electron chi connectivity index (χ3n) is 5.51. The first-order valence-electron chi connectivity index (χ1n) is 10.9. The highest BCUT2D eigenvalue weighted by molar-refractivity contribution is 5.83. The Balaban J connectivity index is 2.12. The molecule has 0 saturated heterocycles. The first-order valence-corrected chi connectivity index (χ1v) is 10.9. The zero-order valence-electron chi connectivity index (χ0n) is 19.7. The Hall–Kier alpha value is -3.22. The van der Waals surface area contributed by atoms with Gasteiger partial charge >= 0.3 is 12.0 Å². The minimum atomic E-state index is -1.03. The standard InChI is InChI=1S/C26H30F2N2O3/c1-25(2,3)33-23(31)13-14-26(19-9-7-6-8-10-19)16-18(17-30(26)24(32)29(4)5)21-15-20(27)11-12-22(21)28/h6-12,15-16H,13-14,17H2,1-5H3. The summed E-state index contributed by atoms with van der Waals surface area (Å²) < 4.78 is 34.1. The predicted molar refractivity (Wildman–Crippen MR) is 123 cm³/mol. The molecule has 1 aliphatic heterocycles. The van der Waals surface area contributed by atoms with Crippen molar-refractivity contribution >= 4 is 17.6 Å². The van der Waals surface area contributed by atoms with E-state index in [9.17, 15) is 18.4 Å². The van der Waals surface area contributed by atoms with Crippen molar-refractivity contribution in [2.24, 2.45) is 0 Å². The van der Waals surface area contributed by atoms with Gasteiger partial charge in [-0.15, -0.1) is 0 Å². The molecule has 2 aromatic carbocycles. The summed E-state index contributed by atoms with van der Waals surface area (Å²) in [7, 11) is 3.26. The molecule has 1 aliphatic rings. The Labute approximate surface area is 193 Å². The Bertz CT molecular complexity index is 1060. The number of carbonyl (C=O) groups is 2. The number of ether oxygens (including phenoxy) is 1. The normalized spacial score (nSPS) is 18.2. The Morgan fingerprint density at radius 2 is 1.76 bits per heavy atom. The van der Waals surface area contributed by atoms with Crippen LogP contribution in [-0.2, 0) is 15.1 Å². The smallest absolute Gasteiger partial charge is 0.320 e. The van der Waals surface area contributed by atoms with Gasteiger partial charge in [-0.1, -0.05) is 30.3 Å². The van der Waals surface area contributed by atoms with Gasteiger partial charge in [-0.2, -0.15) is 0 Å². The Morgan fingerprint density at radius 1 is 1.09 bits per heavy atom. The lowest BCUT2D eigenvalue weighted by molar-refractivity contribution is -0.155. The van der Waals surface area contributed by atoms with Gasteiger partial charge in [-0.3, -0.25) is 4.79 Å². The van der Waals surface area contributed by atoms with Crippen LogP contribution < -0.4 is 0 Å². The molecule has 1 atom stereocenters. The quantitative estimate of drug-likeness (QED) is 0.569. The molecule has 0 saturated carbocycles. The molecule has 33 heavy (non-hydrogen) atoms. The maximum Gasteiger partial charge on any atom is 0.320 e. The number of benzene rings is 2. The molecule has 2 amide bonds. The van der Waals surface area contributed by atoms with Crippen LogP contribution in [0.2, 0.25) is 0 Å². The van der Waals surface area contributed by atoms with Crippen molar-refractivity contribution in [2.75, 3.05) is 20.6 Å². The molecule has 0 radical (unpaired) electrons. The summed E-state index contributed by atoms with van der Waals surface area (Å²) in [5, 5.41) is 0. The van der Waals surface area contributed by atoms with Gasteiger partial charge in [0.1, 0.15) is 17.2 Å². The molecule has 0 aromatic heterocycles. The van der Waals surface area contributed by atoms with Crippen LogP contribution in [0.1, 0.15) is 44.7 Å². The van der Waals surface area contributed by atoms with Crippen molar-refractivity contribution in [1.82, 2.24) is 9.80 Å². The van der Waals surface area contributed by atoms with Gasteiger partial charge in [0.25, 0.3) is 0 Å². The minimum Gasteiger partial charge on any atom is -0.460 e. The second-order valence-corrected chi connectivity index (χ2v) is 9.43. The molecular formula is C26H30F2N2O3. The molecule has 176 valence electrons. The van der Waals surface area contributed by atoms with E-state index < -0.39 is 28.7 Å². The molecule has 0 aliphatic carbocycles. The third-order valence-corrected chi connectivity index (χ3v) is 5.51. The van der Waals surface area contributed by atoms with Crippen molar-refractivity contribution in [1.29, 1.82) is 0 Å². The molecule has 0 fully saturated rings. The Morgan fingerprint density at radius 3 is 2.36 bits per heavy atom.